The normalized spacial score (nSPS) is 10.7. The Hall–Kier alpha value is -2.42. The zero-order chi connectivity index (χ0) is 13.9. The molecule has 0 spiro atoms. The number of benzene rings is 2. The van der Waals surface area contributed by atoms with Crippen molar-refractivity contribution in [2.45, 2.75) is 6.54 Å². The lowest BCUT2D eigenvalue weighted by molar-refractivity contribution is 0.930. The highest BCUT2D eigenvalue weighted by Crippen LogP contribution is 2.22. The summed E-state index contributed by atoms with van der Waals surface area (Å²) in [6.45, 7) is 0.892. The minimum Gasteiger partial charge on any atom is -0.388 e. The number of hydrogen-bond donors (Lipinski definition) is 2. The summed E-state index contributed by atoms with van der Waals surface area (Å²) in [5.41, 5.74) is 4.87. The predicted molar refractivity (Wildman–Crippen MR) is 86.4 cm³/mol. The molecule has 3 heteroatoms. The van der Waals surface area contributed by atoms with Crippen molar-refractivity contribution < 1.29 is 0 Å². The fraction of sp³-hybridized carbons (Fsp3) is 0.176. The van der Waals surface area contributed by atoms with E-state index in [9.17, 15) is 0 Å². The fourth-order valence-electron chi connectivity index (χ4n) is 2.49. The Morgan fingerprint density at radius 1 is 1.05 bits per heavy atom. The van der Waals surface area contributed by atoms with Crippen molar-refractivity contribution in [2.75, 3.05) is 24.3 Å². The maximum atomic E-state index is 3.33. The summed E-state index contributed by atoms with van der Waals surface area (Å²) in [5.74, 6) is 0. The van der Waals surface area contributed by atoms with E-state index in [2.05, 4.69) is 77.0 Å². The van der Waals surface area contributed by atoms with Gasteiger partial charge in [0.1, 0.15) is 0 Å². The monoisotopic (exact) mass is 265 g/mol. The Labute approximate surface area is 119 Å². The van der Waals surface area contributed by atoms with Gasteiger partial charge in [0.2, 0.25) is 0 Å². The molecule has 102 valence electrons. The quantitative estimate of drug-likeness (QED) is 0.751. The van der Waals surface area contributed by atoms with Gasteiger partial charge < -0.3 is 15.2 Å². The number of nitrogens with one attached hydrogen (secondary N) is 2. The van der Waals surface area contributed by atoms with E-state index in [1.54, 1.807) is 0 Å². The molecular weight excluding hydrogens is 246 g/mol. The van der Waals surface area contributed by atoms with Gasteiger partial charge in [0.05, 0.1) is 0 Å². The van der Waals surface area contributed by atoms with Crippen molar-refractivity contribution in [3.05, 3.63) is 60.3 Å². The average Bonchev–Trinajstić information content (AvgIpc) is 2.91. The van der Waals surface area contributed by atoms with Crippen molar-refractivity contribution in [2.24, 2.45) is 0 Å². The maximum Gasteiger partial charge on any atom is 0.0457 e. The number of aromatic amines is 1. The van der Waals surface area contributed by atoms with E-state index in [4.69, 9.17) is 0 Å². The summed E-state index contributed by atoms with van der Waals surface area (Å²) in [6.07, 6.45) is 2.10. The zero-order valence-corrected chi connectivity index (χ0v) is 11.9. The largest absolute Gasteiger partial charge is 0.388 e. The molecule has 3 nitrogen and oxygen atoms in total. The van der Waals surface area contributed by atoms with Gasteiger partial charge >= 0.3 is 0 Å². The predicted octanol–water partition coefficient (Wildman–Crippen LogP) is 3.85. The Morgan fingerprint density at radius 2 is 1.80 bits per heavy atom. The molecule has 0 aliphatic heterocycles. The third-order valence-electron chi connectivity index (χ3n) is 3.68. The minimum atomic E-state index is 0.892. The van der Waals surface area contributed by atoms with Crippen LogP contribution in [0.3, 0.4) is 0 Å². The molecule has 3 aromatic rings. The SMILES string of the molecule is CNc1ccc(N(C)Cc2c[nH]c3ccccc23)cc1. The van der Waals surface area contributed by atoms with Crippen LogP contribution in [0, 0.1) is 0 Å². The summed E-state index contributed by atoms with van der Waals surface area (Å²) in [7, 11) is 4.06. The van der Waals surface area contributed by atoms with Crippen LogP contribution in [-0.4, -0.2) is 19.1 Å². The summed E-state index contributed by atoms with van der Waals surface area (Å²) in [6, 6.07) is 16.9. The first-order valence-corrected chi connectivity index (χ1v) is 6.82. The summed E-state index contributed by atoms with van der Waals surface area (Å²) < 4.78 is 0. The molecule has 0 radical (unpaired) electrons. The lowest BCUT2D eigenvalue weighted by Gasteiger charge is -2.19. The van der Waals surface area contributed by atoms with E-state index in [-0.39, 0.29) is 0 Å². The van der Waals surface area contributed by atoms with Crippen LogP contribution >= 0.6 is 0 Å². The summed E-state index contributed by atoms with van der Waals surface area (Å²) >= 11 is 0. The standard InChI is InChI=1S/C17H19N3/c1-18-14-7-9-15(10-8-14)20(2)12-13-11-19-17-6-4-3-5-16(13)17/h3-11,18-19H,12H2,1-2H3. The molecule has 0 bridgehead atoms. The molecule has 0 aliphatic rings. The van der Waals surface area contributed by atoms with Crippen LogP contribution in [0.25, 0.3) is 10.9 Å². The van der Waals surface area contributed by atoms with Crippen LogP contribution in [0.4, 0.5) is 11.4 Å². The number of anilines is 2. The Balaban J connectivity index is 1.82. The van der Waals surface area contributed by atoms with Crippen LogP contribution < -0.4 is 10.2 Å². The van der Waals surface area contributed by atoms with Crippen molar-refractivity contribution in [1.82, 2.24) is 4.98 Å². The molecular formula is C17H19N3. The summed E-state index contributed by atoms with van der Waals surface area (Å²) in [5, 5.41) is 4.44. The molecule has 0 amide bonds. The molecule has 2 aromatic carbocycles. The molecule has 0 fully saturated rings. The van der Waals surface area contributed by atoms with E-state index >= 15 is 0 Å². The molecule has 1 heterocycles. The van der Waals surface area contributed by atoms with Crippen molar-refractivity contribution in [3.63, 3.8) is 0 Å². The van der Waals surface area contributed by atoms with E-state index in [0.717, 1.165) is 12.2 Å². The molecule has 0 saturated carbocycles. The Morgan fingerprint density at radius 3 is 2.55 bits per heavy atom. The van der Waals surface area contributed by atoms with Gasteiger partial charge in [0.15, 0.2) is 0 Å². The molecule has 0 unspecified atom stereocenters. The first-order valence-electron chi connectivity index (χ1n) is 6.82. The number of H-pyrrole nitrogens is 1. The first-order chi connectivity index (χ1) is 9.78. The third-order valence-corrected chi connectivity index (χ3v) is 3.68. The van der Waals surface area contributed by atoms with Crippen LogP contribution in [0.5, 0.6) is 0 Å². The van der Waals surface area contributed by atoms with Gasteiger partial charge in [-0.1, -0.05) is 18.2 Å². The molecule has 1 aromatic heterocycles. The zero-order valence-electron chi connectivity index (χ0n) is 11.9. The van der Waals surface area contributed by atoms with Gasteiger partial charge in [-0.05, 0) is 35.9 Å². The molecule has 3 rings (SSSR count). The molecule has 0 aliphatic carbocycles. The summed E-state index contributed by atoms with van der Waals surface area (Å²) in [4.78, 5) is 5.59. The fourth-order valence-corrected chi connectivity index (χ4v) is 2.49. The first kappa shape index (κ1) is 12.6. The van der Waals surface area contributed by atoms with Crippen LogP contribution in [0.2, 0.25) is 0 Å². The van der Waals surface area contributed by atoms with Gasteiger partial charge in [-0.15, -0.1) is 0 Å². The van der Waals surface area contributed by atoms with E-state index in [1.807, 2.05) is 7.05 Å². The second-order valence-corrected chi connectivity index (χ2v) is 5.01. The van der Waals surface area contributed by atoms with Gasteiger partial charge in [0.25, 0.3) is 0 Å². The van der Waals surface area contributed by atoms with Crippen LogP contribution in [0.15, 0.2) is 54.7 Å². The number of rotatable bonds is 4. The molecule has 0 saturated heterocycles. The average molecular weight is 265 g/mol. The lowest BCUT2D eigenvalue weighted by atomic mass is 10.1. The maximum absolute atomic E-state index is 3.33. The number of hydrogen-bond acceptors (Lipinski definition) is 2. The van der Waals surface area contributed by atoms with Crippen LogP contribution in [0.1, 0.15) is 5.56 Å². The second kappa shape index (κ2) is 5.29. The second-order valence-electron chi connectivity index (χ2n) is 5.01. The minimum absolute atomic E-state index is 0.892. The Kier molecular flexibility index (Phi) is 3.33. The highest BCUT2D eigenvalue weighted by atomic mass is 15.1. The van der Waals surface area contributed by atoms with Crippen LogP contribution in [-0.2, 0) is 6.54 Å². The molecule has 20 heavy (non-hydrogen) atoms. The topological polar surface area (TPSA) is 31.1 Å². The number of para-hydroxylation sites is 1. The number of nitrogens with zero attached hydrogens (tertiary/aromatic N) is 1. The van der Waals surface area contributed by atoms with Gasteiger partial charge in [-0.3, -0.25) is 0 Å². The van der Waals surface area contributed by atoms with Crippen molar-refractivity contribution >= 4 is 22.3 Å². The molecule has 2 N–H and O–H groups in total. The highest BCUT2D eigenvalue weighted by Gasteiger charge is 2.07. The lowest BCUT2D eigenvalue weighted by Crippen LogP contribution is -2.15. The van der Waals surface area contributed by atoms with E-state index in [0.29, 0.717) is 0 Å². The smallest absolute Gasteiger partial charge is 0.0457 e. The number of fused-ring (bicyclic) bond motifs is 1. The van der Waals surface area contributed by atoms with E-state index in [1.165, 1.54) is 22.2 Å². The molecule has 0 atom stereocenters. The van der Waals surface area contributed by atoms with Gasteiger partial charge in [0, 0.05) is 49.1 Å². The van der Waals surface area contributed by atoms with Gasteiger partial charge in [-0.25, -0.2) is 0 Å². The van der Waals surface area contributed by atoms with Gasteiger partial charge in [-0.2, -0.15) is 0 Å². The third kappa shape index (κ3) is 2.35. The van der Waals surface area contributed by atoms with Crippen molar-refractivity contribution in [1.29, 1.82) is 0 Å². The number of aromatic nitrogens is 1. The highest BCUT2D eigenvalue weighted by molar-refractivity contribution is 5.83. The van der Waals surface area contributed by atoms with E-state index < -0.39 is 0 Å². The van der Waals surface area contributed by atoms with Crippen molar-refractivity contribution in [3.8, 4) is 0 Å². The Bertz CT molecular complexity index is 698.